The van der Waals surface area contributed by atoms with E-state index in [4.69, 9.17) is 9.84 Å². The van der Waals surface area contributed by atoms with Crippen LogP contribution < -0.4 is 4.74 Å². The second-order valence-electron chi connectivity index (χ2n) is 9.41. The summed E-state index contributed by atoms with van der Waals surface area (Å²) in [7, 11) is 0. The summed E-state index contributed by atoms with van der Waals surface area (Å²) < 4.78 is 5.68. The van der Waals surface area contributed by atoms with E-state index in [0.717, 1.165) is 46.6 Å². The summed E-state index contributed by atoms with van der Waals surface area (Å²) in [5, 5.41) is 18.5. The van der Waals surface area contributed by atoms with E-state index in [0.29, 0.717) is 18.3 Å². The third-order valence-electron chi connectivity index (χ3n) is 6.07. The predicted octanol–water partition coefficient (Wildman–Crippen LogP) is 4.74. The molecule has 0 fully saturated rings. The summed E-state index contributed by atoms with van der Waals surface area (Å²) in [6.45, 7) is 10.5. The van der Waals surface area contributed by atoms with E-state index >= 15 is 0 Å². The van der Waals surface area contributed by atoms with Crippen molar-refractivity contribution in [3.05, 3.63) is 49.7 Å². The average Bonchev–Trinajstić information content (AvgIpc) is 3.00. The molecule has 0 bridgehead atoms. The van der Waals surface area contributed by atoms with E-state index in [1.54, 1.807) is 11.3 Å². The molecule has 1 aromatic heterocycles. The van der Waals surface area contributed by atoms with Crippen molar-refractivity contribution < 1.29 is 19.7 Å². The molecule has 1 aliphatic rings. The molecule has 0 amide bonds. The molecule has 0 saturated carbocycles. The zero-order valence-corrected chi connectivity index (χ0v) is 19.6. The molecule has 4 nitrogen and oxygen atoms in total. The molecule has 2 aromatic rings. The van der Waals surface area contributed by atoms with Crippen LogP contribution >= 0.6 is 11.3 Å². The summed E-state index contributed by atoms with van der Waals surface area (Å²) in [6.07, 6.45) is 3.56. The fourth-order valence-corrected chi connectivity index (χ4v) is 5.58. The summed E-state index contributed by atoms with van der Waals surface area (Å²) in [5.41, 5.74) is 6.13. The van der Waals surface area contributed by atoms with Crippen molar-refractivity contribution in [2.75, 3.05) is 13.2 Å². The van der Waals surface area contributed by atoms with Crippen LogP contribution in [0.1, 0.15) is 69.1 Å². The third-order valence-corrected chi connectivity index (χ3v) is 7.30. The van der Waals surface area contributed by atoms with Crippen LogP contribution in [-0.2, 0) is 19.3 Å². The van der Waals surface area contributed by atoms with Gasteiger partial charge in [-0.15, -0.1) is 11.3 Å². The SMILES string of the molecule is Cc1cc(CCC(=O)c2sc(C)c3c2CCC(C)(C)C3)cc(C)c1OC[C@@H](O)CO. The molecule has 1 heterocycles. The molecule has 0 radical (unpaired) electrons. The number of carbonyl (C=O) groups is 1. The lowest BCUT2D eigenvalue weighted by molar-refractivity contribution is 0.0531. The first-order valence-electron chi connectivity index (χ1n) is 10.8. The van der Waals surface area contributed by atoms with E-state index in [1.807, 2.05) is 13.8 Å². The van der Waals surface area contributed by atoms with Crippen molar-refractivity contribution in [2.45, 2.75) is 72.8 Å². The van der Waals surface area contributed by atoms with Crippen LogP contribution in [0.4, 0.5) is 0 Å². The highest BCUT2D eigenvalue weighted by molar-refractivity contribution is 7.14. The Kier molecular flexibility index (Phi) is 7.05. The molecule has 1 atom stereocenters. The van der Waals surface area contributed by atoms with Crippen molar-refractivity contribution in [3.8, 4) is 5.75 Å². The molecule has 1 aliphatic carbocycles. The number of thiophene rings is 1. The van der Waals surface area contributed by atoms with Crippen molar-refractivity contribution in [2.24, 2.45) is 5.41 Å². The van der Waals surface area contributed by atoms with Gasteiger partial charge in [-0.1, -0.05) is 26.0 Å². The molecule has 1 aromatic carbocycles. The number of Topliss-reactive ketones (excluding diaryl/α,β-unsaturated/α-hetero) is 1. The number of ketones is 1. The second-order valence-corrected chi connectivity index (χ2v) is 10.6. The van der Waals surface area contributed by atoms with Gasteiger partial charge in [-0.25, -0.2) is 0 Å². The Bertz CT molecular complexity index is 902. The fourth-order valence-electron chi connectivity index (χ4n) is 4.39. The molecular formula is C25H34O4S. The molecule has 30 heavy (non-hydrogen) atoms. The molecule has 0 saturated heterocycles. The normalized spacial score (nSPS) is 16.2. The van der Waals surface area contributed by atoms with Crippen molar-refractivity contribution >= 4 is 17.1 Å². The van der Waals surface area contributed by atoms with Crippen LogP contribution in [0.3, 0.4) is 0 Å². The van der Waals surface area contributed by atoms with Crippen LogP contribution in [0.2, 0.25) is 0 Å². The van der Waals surface area contributed by atoms with Gasteiger partial charge >= 0.3 is 0 Å². The van der Waals surface area contributed by atoms with E-state index in [-0.39, 0.29) is 19.0 Å². The zero-order valence-electron chi connectivity index (χ0n) is 18.8. The van der Waals surface area contributed by atoms with Crippen LogP contribution in [-0.4, -0.2) is 35.3 Å². The smallest absolute Gasteiger partial charge is 0.173 e. The lowest BCUT2D eigenvalue weighted by Crippen LogP contribution is -2.22. The highest BCUT2D eigenvalue weighted by Gasteiger charge is 2.31. The summed E-state index contributed by atoms with van der Waals surface area (Å²) >= 11 is 1.68. The van der Waals surface area contributed by atoms with Crippen LogP contribution in [0.15, 0.2) is 12.1 Å². The molecule has 0 spiro atoms. The number of ether oxygens (including phenoxy) is 1. The van der Waals surface area contributed by atoms with Crippen LogP contribution in [0, 0.1) is 26.2 Å². The summed E-state index contributed by atoms with van der Waals surface area (Å²) in [6, 6.07) is 4.11. The number of rotatable bonds is 8. The van der Waals surface area contributed by atoms with E-state index in [1.165, 1.54) is 16.0 Å². The highest BCUT2D eigenvalue weighted by Crippen LogP contribution is 2.41. The molecular weight excluding hydrogens is 396 g/mol. The maximum Gasteiger partial charge on any atom is 0.173 e. The first kappa shape index (κ1) is 23.0. The van der Waals surface area contributed by atoms with Gasteiger partial charge in [0.2, 0.25) is 0 Å². The first-order chi connectivity index (χ1) is 14.1. The van der Waals surface area contributed by atoms with Gasteiger partial charge in [-0.3, -0.25) is 4.79 Å². The molecule has 2 N–H and O–H groups in total. The van der Waals surface area contributed by atoms with Gasteiger partial charge in [0, 0.05) is 11.3 Å². The lowest BCUT2D eigenvalue weighted by Gasteiger charge is -2.30. The minimum absolute atomic E-state index is 0.0651. The monoisotopic (exact) mass is 430 g/mol. The largest absolute Gasteiger partial charge is 0.490 e. The minimum Gasteiger partial charge on any atom is -0.490 e. The highest BCUT2D eigenvalue weighted by atomic mass is 32.1. The number of aliphatic hydroxyl groups is 2. The Balaban J connectivity index is 1.68. The van der Waals surface area contributed by atoms with E-state index in [9.17, 15) is 9.90 Å². The molecule has 0 unspecified atom stereocenters. The van der Waals surface area contributed by atoms with Gasteiger partial charge in [0.25, 0.3) is 0 Å². The van der Waals surface area contributed by atoms with Crippen molar-refractivity contribution in [1.82, 2.24) is 0 Å². The number of aryl methyl sites for hydroxylation is 4. The molecule has 5 heteroatoms. The predicted molar refractivity (Wildman–Crippen MR) is 122 cm³/mol. The van der Waals surface area contributed by atoms with Gasteiger partial charge in [0.1, 0.15) is 18.5 Å². The van der Waals surface area contributed by atoms with Gasteiger partial charge in [-0.2, -0.15) is 0 Å². The van der Waals surface area contributed by atoms with Crippen LogP contribution in [0.5, 0.6) is 5.75 Å². The number of benzene rings is 1. The van der Waals surface area contributed by atoms with Gasteiger partial charge < -0.3 is 14.9 Å². The van der Waals surface area contributed by atoms with Gasteiger partial charge in [0.15, 0.2) is 5.78 Å². The number of hydrogen-bond donors (Lipinski definition) is 2. The fraction of sp³-hybridized carbons (Fsp3) is 0.560. The average molecular weight is 431 g/mol. The molecule has 3 rings (SSSR count). The Morgan fingerprint density at radius 2 is 1.87 bits per heavy atom. The maximum atomic E-state index is 13.0. The maximum absolute atomic E-state index is 13.0. The zero-order chi connectivity index (χ0) is 22.1. The standard InChI is InChI=1S/C25H34O4S/c1-15-10-18(11-16(2)23(15)29-14-19(27)13-26)6-7-22(28)24-20-8-9-25(4,5)12-21(20)17(3)30-24/h10-11,19,26-27H,6-9,12-14H2,1-5H3/t19-/m0/s1. The summed E-state index contributed by atoms with van der Waals surface area (Å²) in [5.74, 6) is 0.994. The molecule has 0 aliphatic heterocycles. The van der Waals surface area contributed by atoms with Crippen molar-refractivity contribution in [3.63, 3.8) is 0 Å². The van der Waals surface area contributed by atoms with Gasteiger partial charge in [0.05, 0.1) is 11.5 Å². The first-order valence-corrected chi connectivity index (χ1v) is 11.6. The topological polar surface area (TPSA) is 66.8 Å². The van der Waals surface area contributed by atoms with Gasteiger partial charge in [-0.05, 0) is 79.7 Å². The number of aliphatic hydroxyl groups excluding tert-OH is 2. The minimum atomic E-state index is -0.883. The Morgan fingerprint density at radius 1 is 1.20 bits per heavy atom. The number of fused-ring (bicyclic) bond motifs is 1. The Labute approximate surface area is 183 Å². The summed E-state index contributed by atoms with van der Waals surface area (Å²) in [4.78, 5) is 15.3. The van der Waals surface area contributed by atoms with E-state index < -0.39 is 6.10 Å². The van der Waals surface area contributed by atoms with E-state index in [2.05, 4.69) is 32.9 Å². The van der Waals surface area contributed by atoms with Crippen LogP contribution in [0.25, 0.3) is 0 Å². The number of carbonyl (C=O) groups excluding carboxylic acids is 1. The van der Waals surface area contributed by atoms with Crippen molar-refractivity contribution in [1.29, 1.82) is 0 Å². The lowest BCUT2D eigenvalue weighted by atomic mass is 9.74. The Hall–Kier alpha value is -1.69. The second kappa shape index (κ2) is 9.21. The third kappa shape index (κ3) is 5.13. The number of hydrogen-bond acceptors (Lipinski definition) is 5. The Morgan fingerprint density at radius 3 is 2.50 bits per heavy atom. The quantitative estimate of drug-likeness (QED) is 0.594. The molecule has 164 valence electrons.